The van der Waals surface area contributed by atoms with Gasteiger partial charge in [-0.05, 0) is 70.3 Å². The largest absolute Gasteiger partial charge is 0.358 e. The van der Waals surface area contributed by atoms with Crippen LogP contribution in [0.15, 0.2) is 90.0 Å². The second-order valence-corrected chi connectivity index (χ2v) is 9.52. The van der Waals surface area contributed by atoms with Crippen molar-refractivity contribution in [3.05, 3.63) is 90.0 Å². The predicted octanol–water partition coefficient (Wildman–Crippen LogP) is 8.23. The zero-order valence-electron chi connectivity index (χ0n) is 19.4. The van der Waals surface area contributed by atoms with Crippen molar-refractivity contribution in [3.63, 3.8) is 0 Å². The van der Waals surface area contributed by atoms with Crippen molar-refractivity contribution in [1.29, 1.82) is 0 Å². The molecular weight excluding hydrogens is 450 g/mol. The summed E-state index contributed by atoms with van der Waals surface area (Å²) in [6.07, 6.45) is 5.72. The van der Waals surface area contributed by atoms with Gasteiger partial charge < -0.3 is 10.3 Å². The van der Waals surface area contributed by atoms with Gasteiger partial charge in [0.25, 0.3) is 0 Å². The summed E-state index contributed by atoms with van der Waals surface area (Å²) in [6.45, 7) is 6.26. The number of rotatable bonds is 7. The van der Waals surface area contributed by atoms with Crippen LogP contribution in [0.2, 0.25) is 0 Å². The van der Waals surface area contributed by atoms with Crippen LogP contribution in [0.5, 0.6) is 0 Å². The molecule has 2 aromatic carbocycles. The maximum atomic E-state index is 4.67. The molecule has 3 N–H and O–H groups in total. The van der Waals surface area contributed by atoms with Crippen molar-refractivity contribution in [2.24, 2.45) is 0 Å². The fourth-order valence-electron chi connectivity index (χ4n) is 4.59. The fourth-order valence-corrected chi connectivity index (χ4v) is 5.24. The molecule has 0 spiro atoms. The first-order valence-electron chi connectivity index (χ1n) is 11.7. The number of H-pyrrole nitrogens is 2. The number of pyridine rings is 1. The van der Waals surface area contributed by atoms with Gasteiger partial charge in [-0.15, -0.1) is 0 Å². The third kappa shape index (κ3) is 4.02. The Kier molecular flexibility index (Phi) is 5.43. The lowest BCUT2D eigenvalue weighted by Crippen LogP contribution is -1.98. The topological polar surface area (TPSA) is 69.4 Å². The average molecular weight is 476 g/mol. The highest BCUT2D eigenvalue weighted by atomic mass is 32.1. The second kappa shape index (κ2) is 8.89. The summed E-state index contributed by atoms with van der Waals surface area (Å²) in [5, 5.41) is 17.8. The quantitative estimate of drug-likeness (QED) is 0.218. The van der Waals surface area contributed by atoms with Crippen LogP contribution in [0, 0.1) is 0 Å². The molecule has 0 radical (unpaired) electrons. The highest BCUT2D eigenvalue weighted by Gasteiger charge is 2.14. The van der Waals surface area contributed by atoms with E-state index in [1.54, 1.807) is 11.3 Å². The number of nitrogens with one attached hydrogen (secondary N) is 3. The van der Waals surface area contributed by atoms with Gasteiger partial charge in [-0.1, -0.05) is 38.1 Å². The maximum Gasteiger partial charge on any atom is 0.116 e. The van der Waals surface area contributed by atoms with Crippen molar-refractivity contribution >= 4 is 38.8 Å². The summed E-state index contributed by atoms with van der Waals surface area (Å²) in [5.74, 6) is 0. The number of anilines is 1. The number of fused-ring (bicyclic) bond motifs is 2. The van der Waals surface area contributed by atoms with Crippen molar-refractivity contribution in [1.82, 2.24) is 20.2 Å². The molecule has 6 rings (SSSR count). The molecule has 0 aliphatic rings. The van der Waals surface area contributed by atoms with Crippen molar-refractivity contribution in [3.8, 4) is 33.6 Å². The molecule has 0 amide bonds. The molecule has 0 bridgehead atoms. The smallest absolute Gasteiger partial charge is 0.116 e. The molecule has 0 unspecified atom stereocenters. The minimum absolute atomic E-state index is 0.910. The first-order chi connectivity index (χ1) is 17.2. The van der Waals surface area contributed by atoms with E-state index in [4.69, 9.17) is 0 Å². The van der Waals surface area contributed by atoms with Crippen LogP contribution < -0.4 is 5.32 Å². The number of aromatic amines is 2. The number of aromatic nitrogens is 4. The number of hydrogen-bond donors (Lipinski definition) is 3. The average Bonchev–Trinajstić information content (AvgIpc) is 3.63. The molecule has 0 atom stereocenters. The maximum absolute atomic E-state index is 4.67. The van der Waals surface area contributed by atoms with Crippen LogP contribution in [0.25, 0.3) is 55.4 Å². The summed E-state index contributed by atoms with van der Waals surface area (Å²) >= 11 is 1.71. The van der Waals surface area contributed by atoms with Crippen LogP contribution in [0.1, 0.15) is 19.8 Å². The number of hydrogen-bond acceptors (Lipinski definition) is 4. The van der Waals surface area contributed by atoms with Gasteiger partial charge in [0.15, 0.2) is 0 Å². The molecule has 5 nitrogen and oxygen atoms in total. The highest BCUT2D eigenvalue weighted by molar-refractivity contribution is 7.08. The standard InChI is InChI=1S/C29H25N5S/c1-3-5-18(2)31-22-12-21(15-30-16-22)19-8-9-27-25(13-19)29(34-33-27)28-14-24-23(20-10-11-35-17-20)6-4-7-26(24)32-28/h4,6-17,31-32H,2-3,5H2,1H3,(H,33,34). The van der Waals surface area contributed by atoms with E-state index in [0.717, 1.165) is 63.2 Å². The molecule has 0 fully saturated rings. The molecule has 35 heavy (non-hydrogen) atoms. The van der Waals surface area contributed by atoms with Gasteiger partial charge >= 0.3 is 0 Å². The monoisotopic (exact) mass is 475 g/mol. The van der Waals surface area contributed by atoms with E-state index < -0.39 is 0 Å². The Hall–Kier alpha value is -4.16. The predicted molar refractivity (Wildman–Crippen MR) is 148 cm³/mol. The third-order valence-electron chi connectivity index (χ3n) is 6.26. The number of thiophene rings is 1. The zero-order chi connectivity index (χ0) is 23.8. The van der Waals surface area contributed by atoms with Crippen LogP contribution in [0.4, 0.5) is 5.69 Å². The normalized spacial score (nSPS) is 11.3. The van der Waals surface area contributed by atoms with Crippen LogP contribution in [0.3, 0.4) is 0 Å². The minimum Gasteiger partial charge on any atom is -0.358 e. The SMILES string of the molecule is C=C(CCC)Nc1cncc(-c2ccc3[nH]nc(-c4cc5c(-c6ccsc6)cccc5[nH]4)c3c2)c1. The molecule has 6 aromatic rings. The Balaban J connectivity index is 1.40. The lowest BCUT2D eigenvalue weighted by Gasteiger charge is -2.10. The zero-order valence-corrected chi connectivity index (χ0v) is 20.2. The molecule has 4 aromatic heterocycles. The summed E-state index contributed by atoms with van der Waals surface area (Å²) < 4.78 is 0. The first kappa shape index (κ1) is 21.4. The first-order valence-corrected chi connectivity index (χ1v) is 12.7. The Morgan fingerprint density at radius 1 is 0.971 bits per heavy atom. The molecule has 0 saturated carbocycles. The summed E-state index contributed by atoms with van der Waals surface area (Å²) in [4.78, 5) is 8.04. The van der Waals surface area contributed by atoms with Crippen molar-refractivity contribution < 1.29 is 0 Å². The molecule has 0 saturated heterocycles. The summed E-state index contributed by atoms with van der Waals surface area (Å²) in [5.41, 5.74) is 10.6. The molecule has 6 heteroatoms. The number of allylic oxidation sites excluding steroid dienone is 1. The van der Waals surface area contributed by atoms with Crippen molar-refractivity contribution in [2.75, 3.05) is 5.32 Å². The third-order valence-corrected chi connectivity index (χ3v) is 6.94. The van der Waals surface area contributed by atoms with Gasteiger partial charge in [0.2, 0.25) is 0 Å². The molecule has 4 heterocycles. The Morgan fingerprint density at radius 3 is 2.77 bits per heavy atom. The Labute approximate surface area is 207 Å². The van der Waals surface area contributed by atoms with Crippen LogP contribution >= 0.6 is 11.3 Å². The van der Waals surface area contributed by atoms with Gasteiger partial charge in [-0.3, -0.25) is 10.1 Å². The van der Waals surface area contributed by atoms with Gasteiger partial charge in [-0.25, -0.2) is 0 Å². The van der Waals surface area contributed by atoms with E-state index in [2.05, 4.69) is 104 Å². The van der Waals surface area contributed by atoms with Crippen LogP contribution in [-0.4, -0.2) is 20.2 Å². The van der Waals surface area contributed by atoms with E-state index in [1.165, 1.54) is 16.5 Å². The van der Waals surface area contributed by atoms with Gasteiger partial charge in [0.05, 0.1) is 23.1 Å². The van der Waals surface area contributed by atoms with E-state index in [0.29, 0.717) is 0 Å². The minimum atomic E-state index is 0.910. The van der Waals surface area contributed by atoms with E-state index >= 15 is 0 Å². The number of nitrogens with zero attached hydrogens (tertiary/aromatic N) is 2. The van der Waals surface area contributed by atoms with Gasteiger partial charge in [-0.2, -0.15) is 16.4 Å². The highest BCUT2D eigenvalue weighted by Crippen LogP contribution is 2.36. The second-order valence-electron chi connectivity index (χ2n) is 8.74. The van der Waals surface area contributed by atoms with E-state index in [9.17, 15) is 0 Å². The van der Waals surface area contributed by atoms with Gasteiger partial charge in [0, 0.05) is 33.7 Å². The molecule has 172 valence electrons. The summed E-state index contributed by atoms with van der Waals surface area (Å²) in [7, 11) is 0. The molecule has 0 aliphatic heterocycles. The Bertz CT molecular complexity index is 1660. The van der Waals surface area contributed by atoms with Crippen molar-refractivity contribution in [2.45, 2.75) is 19.8 Å². The van der Waals surface area contributed by atoms with Gasteiger partial charge in [0.1, 0.15) is 5.69 Å². The fraction of sp³-hybridized carbons (Fsp3) is 0.103. The van der Waals surface area contributed by atoms with E-state index in [1.807, 2.05) is 12.4 Å². The van der Waals surface area contributed by atoms with E-state index in [-0.39, 0.29) is 0 Å². The van der Waals surface area contributed by atoms with Crippen LogP contribution in [-0.2, 0) is 0 Å². The lowest BCUT2D eigenvalue weighted by atomic mass is 10.0. The Morgan fingerprint density at radius 2 is 1.91 bits per heavy atom. The molecule has 0 aliphatic carbocycles. The number of benzene rings is 2. The summed E-state index contributed by atoms with van der Waals surface area (Å²) in [6, 6.07) is 19.2. The lowest BCUT2D eigenvalue weighted by molar-refractivity contribution is 0.913. The molecular formula is C29H25N5S.